The van der Waals surface area contributed by atoms with Gasteiger partial charge in [0.05, 0.1) is 17.6 Å². The molecule has 0 unspecified atom stereocenters. The molecule has 5 nitrogen and oxygen atoms in total. The van der Waals surface area contributed by atoms with Crippen molar-refractivity contribution in [1.82, 2.24) is 9.78 Å². The van der Waals surface area contributed by atoms with Crippen molar-refractivity contribution in [2.24, 2.45) is 0 Å². The Morgan fingerprint density at radius 1 is 1.27 bits per heavy atom. The van der Waals surface area contributed by atoms with Crippen LogP contribution in [0.2, 0.25) is 0 Å². The monoisotopic (exact) mass is 312 g/mol. The molecule has 0 aliphatic carbocycles. The van der Waals surface area contributed by atoms with E-state index in [4.69, 9.17) is 4.74 Å². The molecule has 0 fully saturated rings. The summed E-state index contributed by atoms with van der Waals surface area (Å²) >= 11 is 1.33. The van der Waals surface area contributed by atoms with Crippen molar-refractivity contribution in [2.45, 2.75) is 0 Å². The summed E-state index contributed by atoms with van der Waals surface area (Å²) in [7, 11) is 1.58. The van der Waals surface area contributed by atoms with Crippen LogP contribution in [0.25, 0.3) is 11.3 Å². The van der Waals surface area contributed by atoms with Crippen LogP contribution in [0.4, 0.5) is 0 Å². The van der Waals surface area contributed by atoms with Gasteiger partial charge in [0.15, 0.2) is 6.29 Å². The summed E-state index contributed by atoms with van der Waals surface area (Å²) in [6, 6.07) is 10.7. The van der Waals surface area contributed by atoms with Crippen molar-refractivity contribution in [3.63, 3.8) is 0 Å². The Labute approximate surface area is 130 Å². The molecule has 0 radical (unpaired) electrons. The highest BCUT2D eigenvalue weighted by atomic mass is 32.1. The van der Waals surface area contributed by atoms with E-state index in [1.807, 2.05) is 5.38 Å². The van der Waals surface area contributed by atoms with Gasteiger partial charge in [0.25, 0.3) is 5.91 Å². The quantitative estimate of drug-likeness (QED) is 0.694. The van der Waals surface area contributed by atoms with Crippen LogP contribution in [0, 0.1) is 0 Å². The standard InChI is InChI=1S/C16H12N2O3S/c1-21-13-6-4-11(5-7-13)15-12(10-19)9-18(17-15)16(20)14-3-2-8-22-14/h2-10H,1H3. The lowest BCUT2D eigenvalue weighted by molar-refractivity contribution is 0.0949. The predicted octanol–water partition coefficient (Wildman–Crippen LogP) is 3.12. The van der Waals surface area contributed by atoms with Gasteiger partial charge < -0.3 is 4.74 Å². The van der Waals surface area contributed by atoms with Gasteiger partial charge in [-0.05, 0) is 35.7 Å². The lowest BCUT2D eigenvalue weighted by Gasteiger charge is -2.01. The van der Waals surface area contributed by atoms with E-state index >= 15 is 0 Å². The summed E-state index contributed by atoms with van der Waals surface area (Å²) in [6.07, 6.45) is 2.15. The number of aromatic nitrogens is 2. The minimum absolute atomic E-state index is 0.252. The van der Waals surface area contributed by atoms with Gasteiger partial charge >= 0.3 is 0 Å². The van der Waals surface area contributed by atoms with Crippen molar-refractivity contribution >= 4 is 23.5 Å². The van der Waals surface area contributed by atoms with Gasteiger partial charge in [0.1, 0.15) is 11.4 Å². The SMILES string of the molecule is COc1ccc(-c2nn(C(=O)c3cccs3)cc2C=O)cc1. The Kier molecular flexibility index (Phi) is 3.84. The number of hydrogen-bond donors (Lipinski definition) is 0. The average molecular weight is 312 g/mol. The maximum atomic E-state index is 12.3. The van der Waals surface area contributed by atoms with Crippen LogP contribution in [0.15, 0.2) is 48.0 Å². The van der Waals surface area contributed by atoms with Crippen LogP contribution in [-0.2, 0) is 0 Å². The third kappa shape index (κ3) is 2.56. The number of thiophene rings is 1. The molecule has 0 atom stereocenters. The summed E-state index contributed by atoms with van der Waals surface area (Å²) in [5.74, 6) is 0.461. The average Bonchev–Trinajstić information content (AvgIpc) is 3.23. The number of carbonyl (C=O) groups is 2. The maximum absolute atomic E-state index is 12.3. The van der Waals surface area contributed by atoms with Crippen LogP contribution in [0.1, 0.15) is 20.0 Å². The van der Waals surface area contributed by atoms with Gasteiger partial charge in [-0.1, -0.05) is 6.07 Å². The van der Waals surface area contributed by atoms with Crippen LogP contribution < -0.4 is 4.74 Å². The second-order valence-electron chi connectivity index (χ2n) is 4.51. The molecule has 110 valence electrons. The summed E-state index contributed by atoms with van der Waals surface area (Å²) in [5, 5.41) is 6.09. The smallest absolute Gasteiger partial charge is 0.288 e. The zero-order chi connectivity index (χ0) is 15.5. The van der Waals surface area contributed by atoms with E-state index in [0.717, 1.165) is 5.56 Å². The van der Waals surface area contributed by atoms with Gasteiger partial charge in [0, 0.05) is 11.8 Å². The fraction of sp³-hybridized carbons (Fsp3) is 0.0625. The number of nitrogens with zero attached hydrogens (tertiary/aromatic N) is 2. The number of methoxy groups -OCH3 is 1. The van der Waals surface area contributed by atoms with Gasteiger partial charge in [-0.2, -0.15) is 5.10 Å². The molecule has 0 amide bonds. The molecule has 1 aromatic carbocycles. The van der Waals surface area contributed by atoms with Gasteiger partial charge in [-0.15, -0.1) is 11.3 Å². The van der Waals surface area contributed by atoms with E-state index in [-0.39, 0.29) is 5.91 Å². The highest BCUT2D eigenvalue weighted by Crippen LogP contribution is 2.24. The van der Waals surface area contributed by atoms with Crippen molar-refractivity contribution in [3.05, 3.63) is 58.4 Å². The fourth-order valence-corrected chi connectivity index (χ4v) is 2.72. The molecular weight excluding hydrogens is 300 g/mol. The summed E-state index contributed by atoms with van der Waals surface area (Å²) in [4.78, 5) is 24.1. The maximum Gasteiger partial charge on any atom is 0.288 e. The Balaban J connectivity index is 2.01. The largest absolute Gasteiger partial charge is 0.497 e. The molecular formula is C16H12N2O3S. The van der Waals surface area contributed by atoms with Crippen LogP contribution in [0.3, 0.4) is 0 Å². The van der Waals surface area contributed by atoms with Gasteiger partial charge in [0.2, 0.25) is 0 Å². The topological polar surface area (TPSA) is 61.2 Å². The van der Waals surface area contributed by atoms with E-state index in [1.165, 1.54) is 22.2 Å². The second kappa shape index (κ2) is 5.95. The minimum Gasteiger partial charge on any atom is -0.497 e. The van der Waals surface area contributed by atoms with Crippen LogP contribution >= 0.6 is 11.3 Å². The van der Waals surface area contributed by atoms with E-state index in [9.17, 15) is 9.59 Å². The number of hydrogen-bond acceptors (Lipinski definition) is 5. The summed E-state index contributed by atoms with van der Waals surface area (Å²) < 4.78 is 6.31. The summed E-state index contributed by atoms with van der Waals surface area (Å²) in [6.45, 7) is 0. The fourth-order valence-electron chi connectivity index (χ4n) is 2.06. The minimum atomic E-state index is -0.252. The third-order valence-electron chi connectivity index (χ3n) is 3.17. The van der Waals surface area contributed by atoms with Gasteiger partial charge in [-0.25, -0.2) is 4.68 Å². The zero-order valence-electron chi connectivity index (χ0n) is 11.7. The highest BCUT2D eigenvalue weighted by Gasteiger charge is 2.16. The molecule has 0 saturated carbocycles. The Hall–Kier alpha value is -2.73. The molecule has 0 aliphatic heterocycles. The molecule has 0 aliphatic rings. The van der Waals surface area contributed by atoms with E-state index < -0.39 is 0 Å². The third-order valence-corrected chi connectivity index (χ3v) is 4.03. The molecule has 22 heavy (non-hydrogen) atoms. The highest BCUT2D eigenvalue weighted by molar-refractivity contribution is 7.12. The molecule has 0 spiro atoms. The number of rotatable bonds is 4. The van der Waals surface area contributed by atoms with E-state index in [0.29, 0.717) is 28.2 Å². The Bertz CT molecular complexity index is 805. The molecule has 0 saturated heterocycles. The number of benzene rings is 1. The van der Waals surface area contributed by atoms with Crippen molar-refractivity contribution < 1.29 is 14.3 Å². The molecule has 3 aromatic rings. The van der Waals surface area contributed by atoms with E-state index in [1.54, 1.807) is 43.5 Å². The lowest BCUT2D eigenvalue weighted by Crippen LogP contribution is -2.10. The first-order chi connectivity index (χ1) is 10.7. The molecule has 2 heterocycles. The number of carbonyl (C=O) groups excluding carboxylic acids is 2. The molecule has 2 aromatic heterocycles. The Morgan fingerprint density at radius 3 is 2.64 bits per heavy atom. The number of ether oxygens (including phenoxy) is 1. The molecule has 3 rings (SSSR count). The predicted molar refractivity (Wildman–Crippen MR) is 83.7 cm³/mol. The number of aldehydes is 1. The normalized spacial score (nSPS) is 10.4. The van der Waals surface area contributed by atoms with Crippen molar-refractivity contribution in [2.75, 3.05) is 7.11 Å². The molecule has 0 N–H and O–H groups in total. The van der Waals surface area contributed by atoms with Crippen LogP contribution in [0.5, 0.6) is 5.75 Å². The van der Waals surface area contributed by atoms with Crippen molar-refractivity contribution in [3.8, 4) is 17.0 Å². The molecule has 6 heteroatoms. The summed E-state index contributed by atoms with van der Waals surface area (Å²) in [5.41, 5.74) is 1.60. The first kappa shape index (κ1) is 14.2. The first-order valence-corrected chi connectivity index (χ1v) is 7.38. The molecule has 0 bridgehead atoms. The van der Waals surface area contributed by atoms with Crippen LogP contribution in [-0.4, -0.2) is 29.1 Å². The van der Waals surface area contributed by atoms with E-state index in [2.05, 4.69) is 5.10 Å². The van der Waals surface area contributed by atoms with Gasteiger partial charge in [-0.3, -0.25) is 9.59 Å². The van der Waals surface area contributed by atoms with Crippen molar-refractivity contribution in [1.29, 1.82) is 0 Å². The zero-order valence-corrected chi connectivity index (χ0v) is 12.5. The first-order valence-electron chi connectivity index (χ1n) is 6.50. The lowest BCUT2D eigenvalue weighted by atomic mass is 10.1. The second-order valence-corrected chi connectivity index (χ2v) is 5.45. The Morgan fingerprint density at radius 2 is 2.05 bits per heavy atom.